The second kappa shape index (κ2) is 6.48. The molecule has 2 aromatic rings. The van der Waals surface area contributed by atoms with E-state index in [0.29, 0.717) is 0 Å². The number of hydrogen-bond acceptors (Lipinski definition) is 2. The molecule has 3 heteroatoms. The summed E-state index contributed by atoms with van der Waals surface area (Å²) in [4.78, 5) is 0. The van der Waals surface area contributed by atoms with Gasteiger partial charge in [0.2, 0.25) is 0 Å². The summed E-state index contributed by atoms with van der Waals surface area (Å²) in [5, 5.41) is 0. The van der Waals surface area contributed by atoms with E-state index < -0.39 is 0 Å². The van der Waals surface area contributed by atoms with Gasteiger partial charge in [-0.05, 0) is 32.9 Å². The summed E-state index contributed by atoms with van der Waals surface area (Å²) < 4.78 is 13.5. The number of hydrogen-bond donors (Lipinski definition) is 0. The van der Waals surface area contributed by atoms with E-state index in [0.717, 1.165) is 11.5 Å². The summed E-state index contributed by atoms with van der Waals surface area (Å²) in [6.45, 7) is 6.56. The fourth-order valence-electron chi connectivity index (χ4n) is 2.29. The van der Waals surface area contributed by atoms with Gasteiger partial charge in [-0.1, -0.05) is 17.7 Å². The van der Waals surface area contributed by atoms with Crippen LogP contribution in [0.25, 0.3) is 0 Å². The van der Waals surface area contributed by atoms with Crippen LogP contribution in [0.15, 0.2) is 30.3 Å². The number of methoxy groups -OCH3 is 2. The zero-order valence-electron chi connectivity index (χ0n) is 12.6. The molecule has 0 saturated carbocycles. The molecule has 0 aliphatic heterocycles. The quantitative estimate of drug-likeness (QED) is 0.726. The first-order valence-corrected chi connectivity index (χ1v) is 8.65. The summed E-state index contributed by atoms with van der Waals surface area (Å²) in [7, 11) is 3.35. The SMILES string of the molecule is COc1ccc([I+]c2c(C)cc(C)cc2C)cc1OC. The molecule has 0 saturated heterocycles. The van der Waals surface area contributed by atoms with Crippen LogP contribution in [-0.2, 0) is 0 Å². The molecule has 0 aliphatic rings. The number of rotatable bonds is 4. The van der Waals surface area contributed by atoms with Crippen molar-refractivity contribution < 1.29 is 30.7 Å². The lowest BCUT2D eigenvalue weighted by molar-refractivity contribution is -0.598. The number of ether oxygens (including phenoxy) is 2. The predicted molar refractivity (Wildman–Crippen MR) is 77.6 cm³/mol. The summed E-state index contributed by atoms with van der Waals surface area (Å²) in [5.41, 5.74) is 4.12. The topological polar surface area (TPSA) is 18.5 Å². The van der Waals surface area contributed by atoms with Gasteiger partial charge in [-0.15, -0.1) is 0 Å². The monoisotopic (exact) mass is 383 g/mol. The van der Waals surface area contributed by atoms with E-state index in [4.69, 9.17) is 9.47 Å². The van der Waals surface area contributed by atoms with Crippen LogP contribution in [0.4, 0.5) is 0 Å². The van der Waals surface area contributed by atoms with Crippen molar-refractivity contribution in [2.45, 2.75) is 20.8 Å². The minimum Gasteiger partial charge on any atom is -0.493 e. The van der Waals surface area contributed by atoms with Gasteiger partial charge in [-0.2, -0.15) is 0 Å². The van der Waals surface area contributed by atoms with Crippen molar-refractivity contribution in [2.24, 2.45) is 0 Å². The molecule has 2 nitrogen and oxygen atoms in total. The van der Waals surface area contributed by atoms with E-state index in [2.05, 4.69) is 45.0 Å². The normalized spacial score (nSPS) is 10.4. The van der Waals surface area contributed by atoms with Crippen LogP contribution in [0.2, 0.25) is 0 Å². The van der Waals surface area contributed by atoms with Gasteiger partial charge in [-0.25, -0.2) is 0 Å². The Morgan fingerprint density at radius 1 is 0.800 bits per heavy atom. The van der Waals surface area contributed by atoms with Crippen molar-refractivity contribution in [3.8, 4) is 11.5 Å². The molecule has 0 aliphatic carbocycles. The highest BCUT2D eigenvalue weighted by atomic mass is 127. The number of halogens is 1. The van der Waals surface area contributed by atoms with Crippen molar-refractivity contribution in [2.75, 3.05) is 14.2 Å². The van der Waals surface area contributed by atoms with Crippen LogP contribution < -0.4 is 30.7 Å². The molecule has 0 unspecified atom stereocenters. The maximum atomic E-state index is 5.39. The average Bonchev–Trinajstić information content (AvgIpc) is 2.42. The summed E-state index contributed by atoms with van der Waals surface area (Å²) in [6, 6.07) is 10.8. The highest BCUT2D eigenvalue weighted by Gasteiger charge is 2.22. The van der Waals surface area contributed by atoms with E-state index >= 15 is 0 Å². The molecular weight excluding hydrogens is 363 g/mol. The zero-order valence-corrected chi connectivity index (χ0v) is 14.7. The minimum absolute atomic E-state index is 0.204. The van der Waals surface area contributed by atoms with E-state index in [-0.39, 0.29) is 21.2 Å². The maximum absolute atomic E-state index is 5.39. The smallest absolute Gasteiger partial charge is 0.358 e. The van der Waals surface area contributed by atoms with E-state index in [1.54, 1.807) is 14.2 Å². The van der Waals surface area contributed by atoms with Crippen LogP contribution in [0.3, 0.4) is 0 Å². The van der Waals surface area contributed by atoms with Gasteiger partial charge in [0.05, 0.1) is 14.2 Å². The lowest BCUT2D eigenvalue weighted by Crippen LogP contribution is -3.62. The molecule has 2 aromatic carbocycles. The standard InChI is InChI=1S/C17H20IO2/c1-11-8-12(2)17(13(3)9-11)18-14-6-7-15(19-4)16(10-14)20-5/h6-10H,1-5H3/q+1. The summed E-state index contributed by atoms with van der Waals surface area (Å²) in [5.74, 6) is 1.60. The molecule has 0 radical (unpaired) electrons. The van der Waals surface area contributed by atoms with E-state index in [9.17, 15) is 0 Å². The minimum atomic E-state index is -0.204. The molecule has 0 heterocycles. The zero-order chi connectivity index (χ0) is 14.7. The van der Waals surface area contributed by atoms with Crippen molar-refractivity contribution >= 4 is 0 Å². The molecular formula is C17H20IO2+. The van der Waals surface area contributed by atoms with Crippen LogP contribution in [0.1, 0.15) is 16.7 Å². The molecule has 0 spiro atoms. The maximum Gasteiger partial charge on any atom is 0.358 e. The molecule has 20 heavy (non-hydrogen) atoms. The van der Waals surface area contributed by atoms with Crippen molar-refractivity contribution in [3.05, 3.63) is 54.2 Å². The predicted octanol–water partition coefficient (Wildman–Crippen LogP) is 0.757. The second-order valence-electron chi connectivity index (χ2n) is 4.81. The first-order chi connectivity index (χ1) is 9.55. The van der Waals surface area contributed by atoms with Crippen LogP contribution in [-0.4, -0.2) is 14.2 Å². The van der Waals surface area contributed by atoms with Crippen LogP contribution >= 0.6 is 0 Å². The first kappa shape index (κ1) is 15.2. The van der Waals surface area contributed by atoms with Gasteiger partial charge < -0.3 is 9.47 Å². The third-order valence-electron chi connectivity index (χ3n) is 3.13. The fraction of sp³-hybridized carbons (Fsp3) is 0.294. The summed E-state index contributed by atoms with van der Waals surface area (Å²) >= 11 is -0.204. The Balaban J connectivity index is 2.35. The van der Waals surface area contributed by atoms with Gasteiger partial charge in [0, 0.05) is 17.2 Å². The largest absolute Gasteiger partial charge is 0.493 e. The summed E-state index contributed by atoms with van der Waals surface area (Å²) in [6.07, 6.45) is 0. The van der Waals surface area contributed by atoms with Crippen molar-refractivity contribution in [1.82, 2.24) is 0 Å². The molecule has 0 aromatic heterocycles. The Bertz CT molecular complexity index is 597. The molecule has 2 rings (SSSR count). The lowest BCUT2D eigenvalue weighted by atomic mass is 10.1. The highest BCUT2D eigenvalue weighted by Crippen LogP contribution is 2.25. The lowest BCUT2D eigenvalue weighted by Gasteiger charge is -2.06. The van der Waals surface area contributed by atoms with Gasteiger partial charge in [-0.3, -0.25) is 0 Å². The van der Waals surface area contributed by atoms with Crippen molar-refractivity contribution in [1.29, 1.82) is 0 Å². The van der Waals surface area contributed by atoms with E-state index in [1.165, 1.54) is 23.8 Å². The van der Waals surface area contributed by atoms with Gasteiger partial charge >= 0.3 is 21.2 Å². The van der Waals surface area contributed by atoms with Gasteiger partial charge in [0.1, 0.15) is 0 Å². The Morgan fingerprint density at radius 3 is 1.95 bits per heavy atom. The molecule has 0 fully saturated rings. The Labute approximate surface area is 131 Å². The molecule has 0 atom stereocenters. The van der Waals surface area contributed by atoms with Crippen LogP contribution in [0, 0.1) is 27.9 Å². The fourth-order valence-corrected chi connectivity index (χ4v) is 4.87. The molecule has 0 N–H and O–H groups in total. The highest BCUT2D eigenvalue weighted by molar-refractivity contribution is 5.39. The number of aryl methyl sites for hydroxylation is 3. The van der Waals surface area contributed by atoms with Gasteiger partial charge in [0.25, 0.3) is 0 Å². The molecule has 0 amide bonds. The Morgan fingerprint density at radius 2 is 1.40 bits per heavy atom. The van der Waals surface area contributed by atoms with Crippen molar-refractivity contribution in [3.63, 3.8) is 0 Å². The molecule has 0 bridgehead atoms. The number of benzene rings is 2. The Kier molecular flexibility index (Phi) is 4.91. The first-order valence-electron chi connectivity index (χ1n) is 6.50. The van der Waals surface area contributed by atoms with E-state index in [1.807, 2.05) is 6.07 Å². The van der Waals surface area contributed by atoms with Crippen LogP contribution in [0.5, 0.6) is 11.5 Å². The average molecular weight is 383 g/mol. The third-order valence-corrected chi connectivity index (χ3v) is 6.66. The Hall–Kier alpha value is -1.23. The van der Waals surface area contributed by atoms with Gasteiger partial charge in [0.15, 0.2) is 18.6 Å². The third kappa shape index (κ3) is 3.26. The molecule has 106 valence electrons. The second-order valence-corrected chi connectivity index (χ2v) is 7.67.